The van der Waals surface area contributed by atoms with Crippen LogP contribution < -0.4 is 21.7 Å². The Morgan fingerprint density at radius 3 is 2.21 bits per heavy atom. The number of H-pyrrole nitrogens is 1. The number of amides is 3. The number of thiol groups is 1. The number of aromatic nitrogens is 2. The molecular weight excluding hydrogens is 476 g/mol. The first-order chi connectivity index (χ1) is 15.6. The van der Waals surface area contributed by atoms with E-state index in [4.69, 9.17) is 10.8 Å². The molecule has 33 heavy (non-hydrogen) atoms. The Labute approximate surface area is 199 Å². The van der Waals surface area contributed by atoms with Crippen molar-refractivity contribution in [3.05, 3.63) is 18.2 Å². The van der Waals surface area contributed by atoms with Gasteiger partial charge in [0.2, 0.25) is 17.7 Å². The summed E-state index contributed by atoms with van der Waals surface area (Å²) in [4.78, 5) is 66.8. The summed E-state index contributed by atoms with van der Waals surface area (Å²) in [6.45, 7) is 0. The zero-order chi connectivity index (χ0) is 25.0. The van der Waals surface area contributed by atoms with Crippen LogP contribution in [0.25, 0.3) is 0 Å². The van der Waals surface area contributed by atoms with E-state index in [2.05, 4.69) is 38.5 Å². The Balaban J connectivity index is 2.95. The Morgan fingerprint density at radius 1 is 1.09 bits per heavy atom. The van der Waals surface area contributed by atoms with Crippen molar-refractivity contribution >= 4 is 54.1 Å². The third-order valence-corrected chi connectivity index (χ3v) is 5.42. The summed E-state index contributed by atoms with van der Waals surface area (Å²) in [5, 5.41) is 25.6. The minimum atomic E-state index is -1.49. The highest BCUT2D eigenvalue weighted by atomic mass is 32.2. The molecular formula is C18H28N6O7S2. The van der Waals surface area contributed by atoms with Crippen LogP contribution in [0, 0.1) is 0 Å². The number of aromatic amines is 1. The summed E-state index contributed by atoms with van der Waals surface area (Å²) in [6, 6.07) is -5.02. The van der Waals surface area contributed by atoms with Crippen molar-refractivity contribution in [3.63, 3.8) is 0 Å². The van der Waals surface area contributed by atoms with E-state index in [1.54, 1.807) is 6.26 Å². The number of nitrogens with zero attached hydrogens (tertiary/aromatic N) is 1. The van der Waals surface area contributed by atoms with Gasteiger partial charge in [0.05, 0.1) is 18.8 Å². The van der Waals surface area contributed by atoms with E-state index in [1.165, 1.54) is 24.3 Å². The molecule has 4 unspecified atom stereocenters. The molecule has 4 atom stereocenters. The molecule has 1 heterocycles. The lowest BCUT2D eigenvalue weighted by Crippen LogP contribution is -2.58. The minimum absolute atomic E-state index is 0.0289. The molecule has 3 amide bonds. The van der Waals surface area contributed by atoms with Gasteiger partial charge in [-0.15, -0.1) is 0 Å². The largest absolute Gasteiger partial charge is 0.481 e. The van der Waals surface area contributed by atoms with Gasteiger partial charge in [-0.25, -0.2) is 9.78 Å². The molecule has 0 bridgehead atoms. The van der Waals surface area contributed by atoms with Crippen molar-refractivity contribution in [2.45, 2.75) is 43.4 Å². The molecule has 0 aliphatic heterocycles. The Hall–Kier alpha value is -2.78. The van der Waals surface area contributed by atoms with Gasteiger partial charge in [0.15, 0.2) is 0 Å². The van der Waals surface area contributed by atoms with Gasteiger partial charge in [0.25, 0.3) is 0 Å². The molecule has 15 heteroatoms. The van der Waals surface area contributed by atoms with E-state index in [9.17, 15) is 29.1 Å². The highest BCUT2D eigenvalue weighted by Crippen LogP contribution is 2.06. The average Bonchev–Trinajstić information content (AvgIpc) is 3.27. The summed E-state index contributed by atoms with van der Waals surface area (Å²) in [6.07, 6.45) is 3.90. The minimum Gasteiger partial charge on any atom is -0.481 e. The van der Waals surface area contributed by atoms with E-state index in [-0.39, 0.29) is 18.6 Å². The molecule has 184 valence electrons. The van der Waals surface area contributed by atoms with Gasteiger partial charge in [-0.05, 0) is 18.4 Å². The molecule has 0 aliphatic carbocycles. The standard InChI is InChI=1S/C18H28N6O7S2/c1-33-3-2-11(16(28)24-13(18(30)31)4-9-6-20-8-21-9)22-17(29)12(5-14(25)26)23-15(27)10(19)7-32/h6,8,10-13,32H,2-5,7,19H2,1H3,(H,20,21)(H,22,29)(H,23,27)(H,24,28)(H,25,26)(H,30,31). The van der Waals surface area contributed by atoms with E-state index in [0.717, 1.165) is 0 Å². The van der Waals surface area contributed by atoms with Gasteiger partial charge in [0.1, 0.15) is 18.1 Å². The average molecular weight is 505 g/mol. The molecule has 0 saturated carbocycles. The number of hydrogen-bond donors (Lipinski definition) is 8. The van der Waals surface area contributed by atoms with Crippen molar-refractivity contribution in [1.82, 2.24) is 25.9 Å². The predicted octanol–water partition coefficient (Wildman–Crippen LogP) is -2.02. The van der Waals surface area contributed by atoms with Crippen LogP contribution in [0.2, 0.25) is 0 Å². The zero-order valence-corrected chi connectivity index (χ0v) is 19.5. The molecule has 1 aromatic rings. The fraction of sp³-hybridized carbons (Fsp3) is 0.556. The maximum absolute atomic E-state index is 12.8. The summed E-state index contributed by atoms with van der Waals surface area (Å²) < 4.78 is 0. The highest BCUT2D eigenvalue weighted by Gasteiger charge is 2.31. The van der Waals surface area contributed by atoms with Crippen LogP contribution in [0.1, 0.15) is 18.5 Å². The number of thioether (sulfide) groups is 1. The van der Waals surface area contributed by atoms with Crippen molar-refractivity contribution in [3.8, 4) is 0 Å². The molecule has 13 nitrogen and oxygen atoms in total. The van der Waals surface area contributed by atoms with Crippen LogP contribution in [-0.2, 0) is 30.4 Å². The van der Waals surface area contributed by atoms with Gasteiger partial charge in [0, 0.05) is 24.1 Å². The third kappa shape index (κ3) is 10.1. The lowest BCUT2D eigenvalue weighted by atomic mass is 10.1. The van der Waals surface area contributed by atoms with Crippen molar-refractivity contribution in [1.29, 1.82) is 0 Å². The summed E-state index contributed by atoms with van der Waals surface area (Å²) >= 11 is 5.28. The van der Waals surface area contributed by atoms with Crippen LogP contribution in [-0.4, -0.2) is 91.8 Å². The first-order valence-electron chi connectivity index (χ1n) is 9.77. The van der Waals surface area contributed by atoms with Crippen molar-refractivity contribution in [2.75, 3.05) is 17.8 Å². The molecule has 8 N–H and O–H groups in total. The molecule has 0 saturated heterocycles. The number of carboxylic acid groups (broad SMARTS) is 2. The third-order valence-electron chi connectivity index (χ3n) is 4.38. The van der Waals surface area contributed by atoms with E-state index in [0.29, 0.717) is 11.4 Å². The van der Waals surface area contributed by atoms with E-state index >= 15 is 0 Å². The maximum Gasteiger partial charge on any atom is 0.326 e. The fourth-order valence-electron chi connectivity index (χ4n) is 2.61. The van der Waals surface area contributed by atoms with Gasteiger partial charge >= 0.3 is 11.9 Å². The number of carboxylic acids is 2. The predicted molar refractivity (Wildman–Crippen MR) is 123 cm³/mol. The lowest BCUT2D eigenvalue weighted by Gasteiger charge is -2.24. The second kappa shape index (κ2) is 14.4. The normalized spacial score (nSPS) is 14.4. The van der Waals surface area contributed by atoms with Gasteiger partial charge in [-0.2, -0.15) is 24.4 Å². The van der Waals surface area contributed by atoms with E-state index < -0.39 is 60.2 Å². The van der Waals surface area contributed by atoms with Gasteiger partial charge < -0.3 is 36.9 Å². The number of nitrogens with one attached hydrogen (secondary N) is 4. The Morgan fingerprint density at radius 2 is 1.70 bits per heavy atom. The van der Waals surface area contributed by atoms with Crippen LogP contribution >= 0.6 is 24.4 Å². The second-order valence-electron chi connectivity index (χ2n) is 6.97. The topological polar surface area (TPSA) is 217 Å². The number of carbonyl (C=O) groups is 5. The SMILES string of the molecule is CSCCC(NC(=O)C(CC(=O)O)NC(=O)C(N)CS)C(=O)NC(Cc1cnc[nH]1)C(=O)O. The number of imidazole rings is 1. The van der Waals surface area contributed by atoms with E-state index in [1.807, 2.05) is 0 Å². The van der Waals surface area contributed by atoms with Crippen molar-refractivity contribution < 1.29 is 34.2 Å². The summed E-state index contributed by atoms with van der Waals surface area (Å²) in [7, 11) is 0. The first kappa shape index (κ1) is 28.3. The number of carbonyl (C=O) groups excluding carboxylic acids is 3. The molecule has 0 fully saturated rings. The van der Waals surface area contributed by atoms with Crippen LogP contribution in [0.4, 0.5) is 0 Å². The first-order valence-corrected chi connectivity index (χ1v) is 11.8. The fourth-order valence-corrected chi connectivity index (χ4v) is 3.25. The van der Waals surface area contributed by atoms with Gasteiger partial charge in [-0.1, -0.05) is 0 Å². The number of hydrogen-bond acceptors (Lipinski definition) is 9. The van der Waals surface area contributed by atoms with Crippen LogP contribution in [0.15, 0.2) is 12.5 Å². The lowest BCUT2D eigenvalue weighted by molar-refractivity contribution is -0.143. The zero-order valence-electron chi connectivity index (χ0n) is 17.8. The number of nitrogens with two attached hydrogens (primary N) is 1. The molecule has 0 aromatic carbocycles. The summed E-state index contributed by atoms with van der Waals surface area (Å²) in [5.74, 6) is -4.69. The molecule has 0 spiro atoms. The molecule has 0 aliphatic rings. The van der Waals surface area contributed by atoms with Gasteiger partial charge in [-0.3, -0.25) is 19.2 Å². The van der Waals surface area contributed by atoms with Crippen LogP contribution in [0.3, 0.4) is 0 Å². The maximum atomic E-state index is 12.8. The number of rotatable bonds is 15. The number of aliphatic carboxylic acids is 2. The smallest absolute Gasteiger partial charge is 0.326 e. The van der Waals surface area contributed by atoms with Crippen molar-refractivity contribution in [2.24, 2.45) is 5.73 Å². The Kier molecular flexibility index (Phi) is 12.3. The molecule has 0 radical (unpaired) electrons. The Bertz CT molecular complexity index is 823. The quantitative estimate of drug-likeness (QED) is 0.123. The summed E-state index contributed by atoms with van der Waals surface area (Å²) in [5.41, 5.74) is 6.04. The van der Waals surface area contributed by atoms with Crippen LogP contribution in [0.5, 0.6) is 0 Å². The monoisotopic (exact) mass is 504 g/mol. The second-order valence-corrected chi connectivity index (χ2v) is 8.32. The molecule has 1 rings (SSSR count). The highest BCUT2D eigenvalue weighted by molar-refractivity contribution is 7.98. The molecule has 1 aromatic heterocycles.